The number of urea groups is 1. The van der Waals surface area contributed by atoms with Crippen LogP contribution in [0.2, 0.25) is 0 Å². The van der Waals surface area contributed by atoms with Gasteiger partial charge in [-0.2, -0.15) is 0 Å². The van der Waals surface area contributed by atoms with Gasteiger partial charge in [-0.1, -0.05) is 31.2 Å². The molecule has 7 nitrogen and oxygen atoms in total. The fraction of sp³-hybridized carbons (Fsp3) is 0.296. The van der Waals surface area contributed by atoms with Crippen molar-refractivity contribution < 1.29 is 19.1 Å². The summed E-state index contributed by atoms with van der Waals surface area (Å²) in [6, 6.07) is 11.6. The van der Waals surface area contributed by atoms with Gasteiger partial charge in [-0.05, 0) is 57.0 Å². The van der Waals surface area contributed by atoms with Crippen LogP contribution in [-0.2, 0) is 9.59 Å². The molecule has 2 heterocycles. The predicted octanol–water partition coefficient (Wildman–Crippen LogP) is 4.77. The summed E-state index contributed by atoms with van der Waals surface area (Å²) in [4.78, 5) is 41.6. The van der Waals surface area contributed by atoms with Gasteiger partial charge in [-0.25, -0.2) is 9.69 Å². The molecule has 34 heavy (non-hydrogen) atoms. The van der Waals surface area contributed by atoms with Crippen molar-refractivity contribution in [2.75, 3.05) is 23.5 Å². The van der Waals surface area contributed by atoms with Crippen LogP contribution in [0.15, 0.2) is 54.1 Å². The number of para-hydroxylation sites is 1. The van der Waals surface area contributed by atoms with Crippen LogP contribution in [0.3, 0.4) is 0 Å². The molecular weight excluding hydrogens is 430 g/mol. The molecule has 176 valence electrons. The number of nitrogens with one attached hydrogen (secondary N) is 1. The summed E-state index contributed by atoms with van der Waals surface area (Å²) in [6.07, 6.45) is 4.71. The fourth-order valence-electron chi connectivity index (χ4n) is 4.67. The number of imide groups is 2. The van der Waals surface area contributed by atoms with E-state index >= 15 is 0 Å². The van der Waals surface area contributed by atoms with Gasteiger partial charge < -0.3 is 9.64 Å². The van der Waals surface area contributed by atoms with Crippen LogP contribution in [0.5, 0.6) is 5.75 Å². The molecule has 2 aromatic carbocycles. The normalized spacial score (nSPS) is 18.6. The zero-order chi connectivity index (χ0) is 24.6. The van der Waals surface area contributed by atoms with Crippen molar-refractivity contribution in [2.24, 2.45) is 0 Å². The molecule has 0 aromatic heterocycles. The summed E-state index contributed by atoms with van der Waals surface area (Å²) in [5, 5.41) is 2.27. The number of barbiturate groups is 1. The number of carbonyl (C=O) groups excluding carboxylic acids is 3. The maximum absolute atomic E-state index is 13.2. The lowest BCUT2D eigenvalue weighted by atomic mass is 9.87. The fourth-order valence-corrected chi connectivity index (χ4v) is 4.67. The Kier molecular flexibility index (Phi) is 6.04. The van der Waals surface area contributed by atoms with E-state index in [0.29, 0.717) is 17.0 Å². The maximum atomic E-state index is 13.2. The Morgan fingerprint density at radius 3 is 2.44 bits per heavy atom. The molecule has 0 bridgehead atoms. The summed E-state index contributed by atoms with van der Waals surface area (Å²) in [7, 11) is 1.56. The molecule has 4 amide bonds. The summed E-state index contributed by atoms with van der Waals surface area (Å²) >= 11 is 0. The van der Waals surface area contributed by atoms with Gasteiger partial charge >= 0.3 is 6.03 Å². The second-order valence-electron chi connectivity index (χ2n) is 9.04. The van der Waals surface area contributed by atoms with Gasteiger partial charge in [0, 0.05) is 29.4 Å². The second-order valence-corrected chi connectivity index (χ2v) is 9.04. The first kappa shape index (κ1) is 23.3. The van der Waals surface area contributed by atoms with Crippen molar-refractivity contribution in [3.63, 3.8) is 0 Å². The minimum atomic E-state index is -0.771. The summed E-state index contributed by atoms with van der Waals surface area (Å²) in [5.74, 6) is -0.870. The van der Waals surface area contributed by atoms with Crippen LogP contribution in [0, 0.1) is 0 Å². The van der Waals surface area contributed by atoms with Gasteiger partial charge in [0.15, 0.2) is 0 Å². The highest BCUT2D eigenvalue weighted by molar-refractivity contribution is 6.39. The van der Waals surface area contributed by atoms with Gasteiger partial charge in [-0.3, -0.25) is 14.9 Å². The van der Waals surface area contributed by atoms with Crippen molar-refractivity contribution in [1.82, 2.24) is 5.32 Å². The first-order valence-corrected chi connectivity index (χ1v) is 11.3. The van der Waals surface area contributed by atoms with E-state index in [1.54, 1.807) is 37.4 Å². The minimum Gasteiger partial charge on any atom is -0.496 e. The van der Waals surface area contributed by atoms with Crippen LogP contribution in [0.1, 0.15) is 45.2 Å². The lowest BCUT2D eigenvalue weighted by Gasteiger charge is -2.43. The van der Waals surface area contributed by atoms with Crippen molar-refractivity contribution in [3.05, 3.63) is 65.2 Å². The van der Waals surface area contributed by atoms with Crippen LogP contribution in [0.4, 0.5) is 16.2 Å². The number of benzene rings is 2. The molecule has 1 N–H and O–H groups in total. The minimum absolute atomic E-state index is 0.134. The number of nitrogens with zero attached hydrogens (tertiary/aromatic N) is 2. The smallest absolute Gasteiger partial charge is 0.335 e. The number of hydrogen-bond acceptors (Lipinski definition) is 5. The van der Waals surface area contributed by atoms with Gasteiger partial charge in [0.25, 0.3) is 11.8 Å². The van der Waals surface area contributed by atoms with E-state index in [1.807, 2.05) is 12.1 Å². The molecule has 0 radical (unpaired) electrons. The van der Waals surface area contributed by atoms with Crippen LogP contribution in [0.25, 0.3) is 11.6 Å². The standard InChI is InChI=1S/C27H29N3O4/c1-6-12-29-22-15-23(34-5)18(13-20(22)17(2)16-27(29,3)4)14-21-24(31)28-26(33)30(25(21)32)19-10-8-7-9-11-19/h7-11,13-16H,6,12H2,1-5H3,(H,28,31,33)/b21-14-. The number of hydrogen-bond donors (Lipinski definition) is 1. The highest BCUT2D eigenvalue weighted by Gasteiger charge is 2.37. The van der Waals surface area contributed by atoms with Crippen LogP contribution >= 0.6 is 0 Å². The number of ether oxygens (including phenoxy) is 1. The summed E-state index contributed by atoms with van der Waals surface area (Å²) in [5.41, 5.74) is 3.85. The summed E-state index contributed by atoms with van der Waals surface area (Å²) < 4.78 is 5.67. The Labute approximate surface area is 199 Å². The second kappa shape index (κ2) is 8.82. The topological polar surface area (TPSA) is 79.0 Å². The molecule has 2 aliphatic heterocycles. The molecule has 2 aliphatic rings. The molecular formula is C27H29N3O4. The molecule has 0 unspecified atom stereocenters. The average molecular weight is 460 g/mol. The van der Waals surface area contributed by atoms with Gasteiger partial charge in [0.2, 0.25) is 0 Å². The third-order valence-electron chi connectivity index (χ3n) is 6.19. The number of allylic oxidation sites excluding steroid dienone is 1. The van der Waals surface area contributed by atoms with E-state index in [2.05, 4.69) is 44.0 Å². The van der Waals surface area contributed by atoms with E-state index < -0.39 is 17.8 Å². The summed E-state index contributed by atoms with van der Waals surface area (Å²) in [6.45, 7) is 9.43. The number of anilines is 2. The quantitative estimate of drug-likeness (QED) is 0.515. The largest absolute Gasteiger partial charge is 0.496 e. The average Bonchev–Trinajstić information content (AvgIpc) is 2.79. The Morgan fingerprint density at radius 2 is 1.79 bits per heavy atom. The van der Waals surface area contributed by atoms with E-state index in [0.717, 1.165) is 34.7 Å². The first-order chi connectivity index (χ1) is 16.2. The molecule has 0 aliphatic carbocycles. The Hall–Kier alpha value is -3.87. The van der Waals surface area contributed by atoms with E-state index in [1.165, 1.54) is 6.08 Å². The maximum Gasteiger partial charge on any atom is 0.335 e. The third kappa shape index (κ3) is 3.98. The Bertz CT molecular complexity index is 1230. The van der Waals surface area contributed by atoms with Crippen molar-refractivity contribution >= 4 is 40.9 Å². The van der Waals surface area contributed by atoms with Crippen molar-refractivity contribution in [1.29, 1.82) is 0 Å². The molecule has 0 spiro atoms. The lowest BCUT2D eigenvalue weighted by Crippen LogP contribution is -2.54. The zero-order valence-electron chi connectivity index (χ0n) is 20.1. The van der Waals surface area contributed by atoms with Crippen LogP contribution in [-0.4, -0.2) is 37.0 Å². The van der Waals surface area contributed by atoms with Gasteiger partial charge in [0.1, 0.15) is 11.3 Å². The number of amides is 4. The third-order valence-corrected chi connectivity index (χ3v) is 6.19. The van der Waals surface area contributed by atoms with E-state index in [4.69, 9.17) is 4.74 Å². The van der Waals surface area contributed by atoms with Crippen molar-refractivity contribution in [2.45, 2.75) is 39.7 Å². The zero-order valence-corrected chi connectivity index (χ0v) is 20.1. The number of methoxy groups -OCH3 is 1. The molecule has 1 fully saturated rings. The molecule has 1 saturated heterocycles. The molecule has 0 saturated carbocycles. The molecule has 2 aromatic rings. The highest BCUT2D eigenvalue weighted by atomic mass is 16.5. The van der Waals surface area contributed by atoms with E-state index in [9.17, 15) is 14.4 Å². The monoisotopic (exact) mass is 459 g/mol. The molecule has 0 atom stereocenters. The van der Waals surface area contributed by atoms with Gasteiger partial charge in [-0.15, -0.1) is 0 Å². The Morgan fingerprint density at radius 1 is 1.09 bits per heavy atom. The number of fused-ring (bicyclic) bond motifs is 1. The molecule has 7 heteroatoms. The first-order valence-electron chi connectivity index (χ1n) is 11.3. The Balaban J connectivity index is 1.83. The number of rotatable bonds is 5. The van der Waals surface area contributed by atoms with Crippen LogP contribution < -0.4 is 19.9 Å². The SMILES string of the molecule is CCCN1c2cc(OC)c(/C=C3/C(=O)NC(=O)N(c4ccccc4)C3=O)cc2C(C)=CC1(C)C. The van der Waals surface area contributed by atoms with Crippen molar-refractivity contribution in [3.8, 4) is 5.75 Å². The highest BCUT2D eigenvalue weighted by Crippen LogP contribution is 2.42. The van der Waals surface area contributed by atoms with Gasteiger partial charge in [0.05, 0.1) is 18.3 Å². The van der Waals surface area contributed by atoms with E-state index in [-0.39, 0.29) is 11.1 Å². The lowest BCUT2D eigenvalue weighted by molar-refractivity contribution is -0.122. The number of carbonyl (C=O) groups is 3. The molecule has 4 rings (SSSR count). The predicted molar refractivity (Wildman–Crippen MR) is 134 cm³/mol.